The van der Waals surface area contributed by atoms with Crippen LogP contribution in [0.25, 0.3) is 53.2 Å². The average Bonchev–Trinajstić information content (AvgIpc) is 3.68. The van der Waals surface area contributed by atoms with Crippen LogP contribution in [0.1, 0.15) is 127 Å². The molecule has 0 aliphatic heterocycles. The molecule has 0 spiro atoms. The smallest absolute Gasteiger partial charge is 0.136 e. The predicted octanol–water partition coefficient (Wildman–Crippen LogP) is 16.6. The van der Waals surface area contributed by atoms with Gasteiger partial charge in [-0.2, -0.15) is 0 Å². The van der Waals surface area contributed by atoms with Crippen molar-refractivity contribution in [3.8, 4) is 45.2 Å². The highest BCUT2D eigenvalue weighted by Gasteiger charge is 2.44. The molecule has 0 fully saturated rings. The Hall–Kier alpha value is -3.39. The quantitative estimate of drug-likeness (QED) is 0.116. The molecule has 0 nitrogen and oxygen atoms in total. The van der Waals surface area contributed by atoms with Crippen LogP contribution in [0.2, 0.25) is 33.2 Å². The molecule has 2 heterocycles. The second-order valence-electron chi connectivity index (χ2n) is 18.9. The van der Waals surface area contributed by atoms with Crippen LogP contribution >= 0.6 is 22.7 Å². The molecule has 2 atom stereocenters. The van der Waals surface area contributed by atoms with Gasteiger partial charge in [0, 0.05) is 20.9 Å². The minimum atomic E-state index is -1.97. The highest BCUT2D eigenvalue weighted by molar-refractivity contribution is 7.30. The molecule has 8 rings (SSSR count). The maximum atomic E-state index is 4.22. The van der Waals surface area contributed by atoms with Gasteiger partial charge in [0.05, 0.1) is 21.2 Å². The molecule has 56 heavy (non-hydrogen) atoms. The molecule has 0 N–H and O–H groups in total. The van der Waals surface area contributed by atoms with E-state index in [1.165, 1.54) is 85.2 Å². The summed E-state index contributed by atoms with van der Waals surface area (Å²) in [5.74, 6) is 8.41. The van der Waals surface area contributed by atoms with Gasteiger partial charge < -0.3 is 0 Å². The van der Waals surface area contributed by atoms with Crippen LogP contribution in [0, 0.1) is 36.8 Å². The maximum Gasteiger partial charge on any atom is 0.146 e. The van der Waals surface area contributed by atoms with E-state index in [4.69, 9.17) is 0 Å². The molecule has 2 aliphatic carbocycles. The lowest BCUT2D eigenvalue weighted by Crippen LogP contribution is -2.43. The third kappa shape index (κ3) is 5.49. The van der Waals surface area contributed by atoms with E-state index in [1.54, 1.807) is 0 Å². The fraction of sp³-hybridized carbons (Fsp3) is 0.423. The molecule has 0 radical (unpaired) electrons. The summed E-state index contributed by atoms with van der Waals surface area (Å²) in [5, 5.41) is 5.48. The predicted molar refractivity (Wildman–Crippen MR) is 256 cm³/mol. The van der Waals surface area contributed by atoms with Gasteiger partial charge in [-0.05, 0) is 102 Å². The van der Waals surface area contributed by atoms with E-state index in [2.05, 4.69) is 203 Å². The third-order valence-electron chi connectivity index (χ3n) is 14.4. The Morgan fingerprint density at radius 3 is 1.11 bits per heavy atom. The van der Waals surface area contributed by atoms with E-state index in [9.17, 15) is 0 Å². The van der Waals surface area contributed by atoms with Gasteiger partial charge in [0.15, 0.2) is 0 Å². The third-order valence-corrected chi connectivity index (χ3v) is 29.7. The SMILES string of the molecule is Cc1ccc2cccc3c2c1-c1c(sc2c4c(sc12)C(C#C[Si](C(C)C)(C(C)C)C(C)C)c1cccc2ccc(C)c-4c12)C3C#C[Si](C(C)C)(C(C)C)C(C)C. The van der Waals surface area contributed by atoms with Crippen molar-refractivity contribution in [2.45, 2.75) is 142 Å². The van der Waals surface area contributed by atoms with Gasteiger partial charge in [0.2, 0.25) is 0 Å². The lowest BCUT2D eigenvalue weighted by molar-refractivity contribution is 0.837. The summed E-state index contributed by atoms with van der Waals surface area (Å²) in [6.07, 6.45) is 0. The highest BCUT2D eigenvalue weighted by Crippen LogP contribution is 2.61. The molecule has 6 aromatic rings. The number of hydrogen-bond acceptors (Lipinski definition) is 2. The Bertz CT molecular complexity index is 2440. The molecular formula is C52H60S2Si2. The molecule has 0 amide bonds. The van der Waals surface area contributed by atoms with Gasteiger partial charge in [0.25, 0.3) is 0 Å². The van der Waals surface area contributed by atoms with Crippen molar-refractivity contribution in [3.05, 3.63) is 92.7 Å². The highest BCUT2D eigenvalue weighted by atomic mass is 32.1. The van der Waals surface area contributed by atoms with Gasteiger partial charge in [-0.3, -0.25) is 0 Å². The zero-order valence-electron chi connectivity index (χ0n) is 36.2. The lowest BCUT2D eigenvalue weighted by Gasteiger charge is -2.38. The number of benzene rings is 4. The van der Waals surface area contributed by atoms with Crippen molar-refractivity contribution in [1.82, 2.24) is 0 Å². The molecular weight excluding hydrogens is 745 g/mol. The largest absolute Gasteiger partial charge is 0.146 e. The number of fused-ring (bicyclic) bond motifs is 7. The van der Waals surface area contributed by atoms with E-state index in [0.29, 0.717) is 33.2 Å². The summed E-state index contributed by atoms with van der Waals surface area (Å²) in [4.78, 5) is 2.90. The average molecular weight is 805 g/mol. The Kier molecular flexibility index (Phi) is 9.98. The monoisotopic (exact) mass is 804 g/mol. The van der Waals surface area contributed by atoms with Crippen molar-refractivity contribution in [2.75, 3.05) is 0 Å². The fourth-order valence-electron chi connectivity index (χ4n) is 11.8. The topological polar surface area (TPSA) is 0 Å². The normalized spacial score (nSPS) is 16.4. The Labute approximate surface area is 347 Å². The second kappa shape index (κ2) is 14.2. The van der Waals surface area contributed by atoms with Crippen LogP contribution in [0.3, 0.4) is 0 Å². The minimum absolute atomic E-state index is 0.0597. The first-order chi connectivity index (χ1) is 26.6. The standard InChI is InChI=1S/C52H60S2Si2/c1-29(2)55(30(3)4,31(5)6)27-25-41-39-19-15-17-37-23-21-35(13)43(45(37)39)47-49(41)53-52-48-44-36(14)22-24-38-18-16-20-40(46(38)44)42(50(48)54-51(47)52)26-28-56(32(7)8,33(9)10)34(11)12/h15-24,29-34,41-42H,1-14H3. The second-order valence-corrected chi connectivity index (χ2v) is 32.2. The summed E-state index contributed by atoms with van der Waals surface area (Å²) >= 11 is 4.11. The zero-order valence-corrected chi connectivity index (χ0v) is 39.8. The molecule has 2 aromatic heterocycles. The van der Waals surface area contributed by atoms with E-state index in [-0.39, 0.29) is 11.8 Å². The van der Waals surface area contributed by atoms with Crippen LogP contribution in [0.15, 0.2) is 60.7 Å². The van der Waals surface area contributed by atoms with Crippen molar-refractivity contribution < 1.29 is 0 Å². The molecule has 0 saturated heterocycles. The van der Waals surface area contributed by atoms with Gasteiger partial charge in [-0.15, -0.1) is 33.8 Å². The van der Waals surface area contributed by atoms with Gasteiger partial charge in [-0.25, -0.2) is 0 Å². The van der Waals surface area contributed by atoms with Gasteiger partial charge in [0.1, 0.15) is 16.1 Å². The first kappa shape index (κ1) is 39.4. The van der Waals surface area contributed by atoms with E-state index >= 15 is 0 Å². The van der Waals surface area contributed by atoms with Crippen molar-refractivity contribution >= 4 is 69.8 Å². The molecule has 2 aliphatic rings. The van der Waals surface area contributed by atoms with Gasteiger partial charge in [-0.1, -0.05) is 156 Å². The van der Waals surface area contributed by atoms with E-state index in [1.807, 2.05) is 0 Å². The Balaban J connectivity index is 1.48. The minimum Gasteiger partial charge on any atom is -0.136 e. The van der Waals surface area contributed by atoms with Crippen LogP contribution in [-0.4, -0.2) is 16.1 Å². The number of thiophene rings is 2. The Morgan fingerprint density at radius 2 is 0.786 bits per heavy atom. The lowest BCUT2D eigenvalue weighted by atomic mass is 9.79. The number of aryl methyl sites for hydroxylation is 2. The van der Waals surface area contributed by atoms with Gasteiger partial charge >= 0.3 is 0 Å². The van der Waals surface area contributed by atoms with Crippen LogP contribution < -0.4 is 0 Å². The summed E-state index contributed by atoms with van der Waals surface area (Å²) in [6, 6.07) is 23.3. The molecule has 4 aromatic carbocycles. The number of hydrogen-bond donors (Lipinski definition) is 0. The van der Waals surface area contributed by atoms with E-state index < -0.39 is 16.1 Å². The molecule has 288 valence electrons. The van der Waals surface area contributed by atoms with Crippen LogP contribution in [-0.2, 0) is 0 Å². The van der Waals surface area contributed by atoms with E-state index in [0.717, 1.165) is 0 Å². The zero-order chi connectivity index (χ0) is 40.2. The van der Waals surface area contributed by atoms with Crippen molar-refractivity contribution in [2.24, 2.45) is 0 Å². The molecule has 0 saturated carbocycles. The maximum absolute atomic E-state index is 4.22. The summed E-state index contributed by atoms with van der Waals surface area (Å²) < 4.78 is 2.89. The molecule has 4 heteroatoms. The van der Waals surface area contributed by atoms with Crippen LogP contribution in [0.4, 0.5) is 0 Å². The summed E-state index contributed by atoms with van der Waals surface area (Å²) in [6.45, 7) is 33.9. The fourth-order valence-corrected chi connectivity index (χ4v) is 25.4. The number of rotatable bonds is 6. The first-order valence-corrected chi connectivity index (χ1v) is 27.4. The van der Waals surface area contributed by atoms with Crippen molar-refractivity contribution in [1.29, 1.82) is 0 Å². The molecule has 2 unspecified atom stereocenters. The molecule has 0 bridgehead atoms. The Morgan fingerprint density at radius 1 is 0.446 bits per heavy atom. The summed E-state index contributed by atoms with van der Waals surface area (Å²) in [7, 11) is -3.94. The van der Waals surface area contributed by atoms with Crippen molar-refractivity contribution in [3.63, 3.8) is 0 Å². The van der Waals surface area contributed by atoms with Crippen LogP contribution in [0.5, 0.6) is 0 Å². The summed E-state index contributed by atoms with van der Waals surface area (Å²) in [5.41, 5.74) is 23.2. The first-order valence-electron chi connectivity index (χ1n) is 21.3.